The Balaban J connectivity index is 1.68. The Kier molecular flexibility index (Phi) is 4.76. The number of aromatic nitrogens is 3. The van der Waals surface area contributed by atoms with E-state index in [0.717, 1.165) is 11.3 Å². The van der Waals surface area contributed by atoms with E-state index in [2.05, 4.69) is 23.9 Å². The normalized spacial score (nSPS) is 21.1. The highest BCUT2D eigenvalue weighted by molar-refractivity contribution is 7.15. The van der Waals surface area contributed by atoms with E-state index < -0.39 is 0 Å². The van der Waals surface area contributed by atoms with Crippen molar-refractivity contribution in [2.45, 2.75) is 19.8 Å². The van der Waals surface area contributed by atoms with Gasteiger partial charge in [0, 0.05) is 25.7 Å². The summed E-state index contributed by atoms with van der Waals surface area (Å²) >= 11 is 13.0. The molecule has 1 aliphatic carbocycles. The summed E-state index contributed by atoms with van der Waals surface area (Å²) in [5.41, 5.74) is 1.91. The molecule has 1 aliphatic rings. The molecule has 0 bridgehead atoms. The summed E-state index contributed by atoms with van der Waals surface area (Å²) in [6, 6.07) is 8.04. The molecule has 1 aromatic carbocycles. The third-order valence-electron chi connectivity index (χ3n) is 5.40. The lowest BCUT2D eigenvalue weighted by atomic mass is 10.1. The fourth-order valence-electron chi connectivity index (χ4n) is 3.62. The van der Waals surface area contributed by atoms with E-state index in [4.69, 9.17) is 23.2 Å². The topological polar surface area (TPSA) is 50.5 Å². The first-order valence-corrected chi connectivity index (χ1v) is 10.5. The number of anilines is 1. The molecule has 0 aliphatic heterocycles. The summed E-state index contributed by atoms with van der Waals surface area (Å²) in [4.78, 5) is 20.0. The van der Waals surface area contributed by atoms with Crippen molar-refractivity contribution in [2.24, 2.45) is 11.3 Å². The Morgan fingerprint density at radius 2 is 1.93 bits per heavy atom. The number of halogens is 2. The second-order valence-electron chi connectivity index (χ2n) is 7.85. The molecular weight excluding hydrogens is 415 g/mol. The van der Waals surface area contributed by atoms with E-state index in [1.165, 1.54) is 15.9 Å². The van der Waals surface area contributed by atoms with Crippen LogP contribution in [0.3, 0.4) is 0 Å². The number of thiazole rings is 1. The number of nitrogens with zero attached hydrogens (tertiary/aromatic N) is 4. The highest BCUT2D eigenvalue weighted by Crippen LogP contribution is 2.64. The quantitative estimate of drug-likeness (QED) is 0.625. The van der Waals surface area contributed by atoms with Crippen molar-refractivity contribution in [3.63, 3.8) is 0 Å². The Morgan fingerprint density at radius 1 is 1.25 bits per heavy atom. The van der Waals surface area contributed by atoms with Crippen molar-refractivity contribution in [1.29, 1.82) is 0 Å². The summed E-state index contributed by atoms with van der Waals surface area (Å²) < 4.78 is 2.27. The van der Waals surface area contributed by atoms with E-state index >= 15 is 0 Å². The molecule has 0 radical (unpaired) electrons. The highest BCUT2D eigenvalue weighted by atomic mass is 35.5. The molecule has 5 nitrogen and oxygen atoms in total. The van der Waals surface area contributed by atoms with Crippen LogP contribution in [0.15, 0.2) is 39.6 Å². The monoisotopic (exact) mass is 434 g/mol. The summed E-state index contributed by atoms with van der Waals surface area (Å²) in [5.74, 6) is 0.953. The van der Waals surface area contributed by atoms with Gasteiger partial charge in [0.2, 0.25) is 4.96 Å². The van der Waals surface area contributed by atoms with Gasteiger partial charge in [0.1, 0.15) is 4.49 Å². The number of hydrogen-bond donors (Lipinski definition) is 0. The second-order valence-corrected chi connectivity index (χ2v) is 9.86. The number of fused-ring (bicyclic) bond motifs is 1. The molecule has 1 saturated carbocycles. The van der Waals surface area contributed by atoms with E-state index in [-0.39, 0.29) is 27.3 Å². The van der Waals surface area contributed by atoms with Crippen LogP contribution in [0.1, 0.15) is 31.2 Å². The lowest BCUT2D eigenvalue weighted by Crippen LogP contribution is -2.23. The van der Waals surface area contributed by atoms with Gasteiger partial charge in [-0.2, -0.15) is 4.52 Å². The van der Waals surface area contributed by atoms with Crippen LogP contribution < -0.4 is 15.0 Å². The van der Waals surface area contributed by atoms with Crippen molar-refractivity contribution < 1.29 is 0 Å². The molecule has 1 fully saturated rings. The van der Waals surface area contributed by atoms with Gasteiger partial charge < -0.3 is 4.90 Å². The number of hydrogen-bond acceptors (Lipinski definition) is 5. The molecular formula is C20H20Cl2N4OS. The first-order valence-electron chi connectivity index (χ1n) is 8.90. The van der Waals surface area contributed by atoms with Crippen LogP contribution in [0.2, 0.25) is 0 Å². The van der Waals surface area contributed by atoms with Gasteiger partial charge in [-0.3, -0.25) is 4.79 Å². The van der Waals surface area contributed by atoms with Crippen LogP contribution in [0.25, 0.3) is 11.0 Å². The van der Waals surface area contributed by atoms with Crippen molar-refractivity contribution in [3.05, 3.63) is 61.1 Å². The van der Waals surface area contributed by atoms with Crippen LogP contribution in [0, 0.1) is 11.3 Å². The summed E-state index contributed by atoms with van der Waals surface area (Å²) in [7, 11) is 3.99. The molecule has 3 aromatic rings. The molecule has 2 atom stereocenters. The Hall–Kier alpha value is -1.89. The molecule has 2 aromatic heterocycles. The third kappa shape index (κ3) is 3.34. The highest BCUT2D eigenvalue weighted by Gasteiger charge is 2.59. The minimum absolute atomic E-state index is 0.0295. The minimum atomic E-state index is -0.142. The lowest BCUT2D eigenvalue weighted by molar-refractivity contribution is 0.585. The average Bonchev–Trinajstić information content (AvgIpc) is 2.91. The smallest absolute Gasteiger partial charge is 0.291 e. The van der Waals surface area contributed by atoms with Crippen molar-refractivity contribution in [2.75, 3.05) is 19.0 Å². The van der Waals surface area contributed by atoms with Gasteiger partial charge in [0.25, 0.3) is 5.56 Å². The maximum absolute atomic E-state index is 12.8. The molecule has 28 heavy (non-hydrogen) atoms. The zero-order valence-corrected chi connectivity index (χ0v) is 18.3. The van der Waals surface area contributed by atoms with E-state index in [1.807, 2.05) is 55.4 Å². The van der Waals surface area contributed by atoms with Crippen molar-refractivity contribution >= 4 is 51.3 Å². The molecule has 0 spiro atoms. The largest absolute Gasteiger partial charge is 0.378 e. The van der Waals surface area contributed by atoms with Crippen LogP contribution in [0.5, 0.6) is 0 Å². The van der Waals surface area contributed by atoms with Gasteiger partial charge in [-0.25, -0.2) is 4.98 Å². The van der Waals surface area contributed by atoms with E-state index in [1.54, 1.807) is 0 Å². The molecule has 0 amide bonds. The fourth-order valence-corrected chi connectivity index (χ4v) is 4.80. The molecule has 8 heteroatoms. The van der Waals surface area contributed by atoms with Gasteiger partial charge in [-0.1, -0.05) is 60.5 Å². The maximum atomic E-state index is 12.8. The Labute approximate surface area is 176 Å². The molecule has 146 valence electrons. The Bertz CT molecular complexity index is 1170. The molecule has 0 saturated heterocycles. The van der Waals surface area contributed by atoms with Crippen molar-refractivity contribution in [3.8, 4) is 0 Å². The van der Waals surface area contributed by atoms with Gasteiger partial charge in [-0.15, -0.1) is 5.10 Å². The van der Waals surface area contributed by atoms with Crippen LogP contribution in [0.4, 0.5) is 5.69 Å². The first kappa shape index (κ1) is 19.4. The van der Waals surface area contributed by atoms with E-state index in [9.17, 15) is 4.79 Å². The molecule has 0 N–H and O–H groups in total. The predicted octanol–water partition coefficient (Wildman–Crippen LogP) is 3.82. The van der Waals surface area contributed by atoms with Gasteiger partial charge in [-0.05, 0) is 41.2 Å². The fraction of sp³-hybridized carbons (Fsp3) is 0.350. The summed E-state index contributed by atoms with van der Waals surface area (Å²) in [6.07, 6.45) is 3.71. The number of rotatable bonds is 4. The maximum Gasteiger partial charge on any atom is 0.291 e. The third-order valence-corrected chi connectivity index (χ3v) is 6.61. The number of allylic oxidation sites excluding steroid dienone is 1. The van der Waals surface area contributed by atoms with Crippen LogP contribution in [-0.4, -0.2) is 28.7 Å². The van der Waals surface area contributed by atoms with Gasteiger partial charge in [0.15, 0.2) is 5.82 Å². The number of benzene rings is 1. The first-order chi connectivity index (χ1) is 13.2. The minimum Gasteiger partial charge on any atom is -0.378 e. The zero-order chi connectivity index (χ0) is 20.2. The summed E-state index contributed by atoms with van der Waals surface area (Å²) in [5, 5.41) is 4.49. The average molecular weight is 435 g/mol. The van der Waals surface area contributed by atoms with Gasteiger partial charge >= 0.3 is 0 Å². The van der Waals surface area contributed by atoms with Crippen LogP contribution in [-0.2, 0) is 0 Å². The lowest BCUT2D eigenvalue weighted by Gasteiger charge is -2.11. The Morgan fingerprint density at radius 3 is 2.50 bits per heavy atom. The molecule has 4 rings (SSSR count). The van der Waals surface area contributed by atoms with Gasteiger partial charge in [0.05, 0.1) is 4.53 Å². The van der Waals surface area contributed by atoms with Crippen LogP contribution >= 0.6 is 34.5 Å². The summed E-state index contributed by atoms with van der Waals surface area (Å²) in [6.45, 7) is 4.25. The van der Waals surface area contributed by atoms with Crippen molar-refractivity contribution in [1.82, 2.24) is 14.6 Å². The zero-order valence-electron chi connectivity index (χ0n) is 16.0. The predicted molar refractivity (Wildman–Crippen MR) is 116 cm³/mol. The SMILES string of the molecule is CN(C)c1ccc(/C=c2/sc3nc([C@@H]4[C@H](C=C(Cl)Cl)C4(C)C)nn3c2=O)cc1. The molecule has 2 heterocycles. The standard InChI is InChI=1S/C20H20Cl2N4OS/c1-20(2)13(10-15(21)22)16(20)17-23-19-26(24-17)18(27)14(28-19)9-11-5-7-12(8-6-11)25(3)4/h5-10,13,16H,1-4H3/b14-9+/t13-,16-/m0/s1. The molecule has 0 unspecified atom stereocenters. The van der Waals surface area contributed by atoms with E-state index in [0.29, 0.717) is 15.3 Å². The second kappa shape index (κ2) is 6.87.